The van der Waals surface area contributed by atoms with Gasteiger partial charge in [-0.05, 0) is 43.5 Å². The van der Waals surface area contributed by atoms with Gasteiger partial charge < -0.3 is 5.32 Å². The van der Waals surface area contributed by atoms with Gasteiger partial charge in [0.05, 0.1) is 5.02 Å². The summed E-state index contributed by atoms with van der Waals surface area (Å²) in [6, 6.07) is 3.09. The molecule has 0 bridgehead atoms. The van der Waals surface area contributed by atoms with Crippen molar-refractivity contribution >= 4 is 33.2 Å². The van der Waals surface area contributed by atoms with Crippen molar-refractivity contribution < 1.29 is 8.42 Å². The van der Waals surface area contributed by atoms with Crippen LogP contribution in [0.1, 0.15) is 25.3 Å². The van der Waals surface area contributed by atoms with Crippen molar-refractivity contribution in [2.45, 2.75) is 31.2 Å². The minimum atomic E-state index is -3.57. The highest BCUT2D eigenvalue weighted by Crippen LogP contribution is 2.32. The average molecular weight is 351 g/mol. The van der Waals surface area contributed by atoms with Crippen LogP contribution in [0.25, 0.3) is 0 Å². The van der Waals surface area contributed by atoms with Crippen LogP contribution in [0.3, 0.4) is 0 Å². The fraction of sp³-hybridized carbons (Fsp3) is 0.571. The van der Waals surface area contributed by atoms with E-state index >= 15 is 0 Å². The second-order valence-electron chi connectivity index (χ2n) is 5.51. The summed E-state index contributed by atoms with van der Waals surface area (Å²) in [4.78, 5) is 0.146. The molecular weight excluding hydrogens is 331 g/mol. The highest BCUT2D eigenvalue weighted by Gasteiger charge is 2.30. The first-order valence-electron chi connectivity index (χ1n) is 6.99. The average Bonchev–Trinajstić information content (AvgIpc) is 2.41. The zero-order valence-electron chi connectivity index (χ0n) is 12.2. The monoisotopic (exact) mass is 350 g/mol. The van der Waals surface area contributed by atoms with Gasteiger partial charge in [0, 0.05) is 24.7 Å². The number of hydrogen-bond acceptors (Lipinski definition) is 3. The van der Waals surface area contributed by atoms with Gasteiger partial charge in [0.25, 0.3) is 0 Å². The topological polar surface area (TPSA) is 49.4 Å². The van der Waals surface area contributed by atoms with E-state index in [9.17, 15) is 8.42 Å². The fourth-order valence-electron chi connectivity index (χ4n) is 2.60. The lowest BCUT2D eigenvalue weighted by Gasteiger charge is -2.30. The molecule has 21 heavy (non-hydrogen) atoms. The predicted octanol–water partition coefficient (Wildman–Crippen LogP) is 3.13. The number of nitrogens with zero attached hydrogens (tertiary/aromatic N) is 1. The van der Waals surface area contributed by atoms with E-state index in [2.05, 4.69) is 12.2 Å². The highest BCUT2D eigenvalue weighted by molar-refractivity contribution is 7.89. The summed E-state index contributed by atoms with van der Waals surface area (Å²) >= 11 is 12.2. The Bertz CT molecular complexity index is 620. The molecule has 0 radical (unpaired) electrons. The van der Waals surface area contributed by atoms with Crippen molar-refractivity contribution in [3.8, 4) is 0 Å². The summed E-state index contributed by atoms with van der Waals surface area (Å²) < 4.78 is 27.1. The SMILES string of the molecule is CNCc1cc(S(=O)(=O)N2CCCC(C)C2)c(Cl)cc1Cl. The largest absolute Gasteiger partial charge is 0.316 e. The maximum atomic E-state index is 12.8. The molecule has 1 aliphatic rings. The smallest absolute Gasteiger partial charge is 0.244 e. The fourth-order valence-corrected chi connectivity index (χ4v) is 5.04. The molecule has 0 amide bonds. The normalized spacial score (nSPS) is 20.7. The molecule has 0 spiro atoms. The molecule has 1 aromatic rings. The number of nitrogens with one attached hydrogen (secondary N) is 1. The van der Waals surface area contributed by atoms with Gasteiger partial charge in [-0.15, -0.1) is 0 Å². The van der Waals surface area contributed by atoms with Crippen molar-refractivity contribution in [2.75, 3.05) is 20.1 Å². The Morgan fingerprint density at radius 2 is 2.05 bits per heavy atom. The maximum Gasteiger partial charge on any atom is 0.244 e. The first-order chi connectivity index (χ1) is 9.86. The Balaban J connectivity index is 2.41. The molecule has 1 atom stereocenters. The molecule has 1 saturated heterocycles. The zero-order chi connectivity index (χ0) is 15.6. The summed E-state index contributed by atoms with van der Waals surface area (Å²) in [7, 11) is -1.79. The third-order valence-corrected chi connectivity index (χ3v) is 6.39. The van der Waals surface area contributed by atoms with Crippen LogP contribution in [0.5, 0.6) is 0 Å². The molecule has 4 nitrogen and oxygen atoms in total. The Morgan fingerprint density at radius 3 is 2.67 bits per heavy atom. The molecule has 0 saturated carbocycles. The maximum absolute atomic E-state index is 12.8. The number of piperidine rings is 1. The van der Waals surface area contributed by atoms with Gasteiger partial charge in [-0.3, -0.25) is 0 Å². The lowest BCUT2D eigenvalue weighted by Crippen LogP contribution is -2.39. The number of sulfonamides is 1. The first kappa shape index (κ1) is 17.0. The van der Waals surface area contributed by atoms with Gasteiger partial charge in [0.1, 0.15) is 4.90 Å². The highest BCUT2D eigenvalue weighted by atomic mass is 35.5. The Labute approximate surface area is 136 Å². The predicted molar refractivity (Wildman–Crippen MR) is 86.4 cm³/mol. The quantitative estimate of drug-likeness (QED) is 0.907. The minimum Gasteiger partial charge on any atom is -0.316 e. The van der Waals surface area contributed by atoms with Gasteiger partial charge in [0.2, 0.25) is 10.0 Å². The first-order valence-corrected chi connectivity index (χ1v) is 9.18. The van der Waals surface area contributed by atoms with E-state index in [0.717, 1.165) is 18.4 Å². The van der Waals surface area contributed by atoms with Gasteiger partial charge >= 0.3 is 0 Å². The minimum absolute atomic E-state index is 0.146. The molecule has 1 fully saturated rings. The second kappa shape index (κ2) is 6.84. The van der Waals surface area contributed by atoms with Crippen LogP contribution in [0.2, 0.25) is 10.0 Å². The van der Waals surface area contributed by atoms with E-state index in [0.29, 0.717) is 30.6 Å². The second-order valence-corrected chi connectivity index (χ2v) is 8.24. The third kappa shape index (κ3) is 3.71. The number of rotatable bonds is 4. The van der Waals surface area contributed by atoms with Crippen LogP contribution in [0.4, 0.5) is 0 Å². The number of hydrogen-bond donors (Lipinski definition) is 1. The van der Waals surface area contributed by atoms with Crippen molar-refractivity contribution in [1.82, 2.24) is 9.62 Å². The molecule has 2 rings (SSSR count). The summed E-state index contributed by atoms with van der Waals surface area (Å²) in [6.45, 7) is 3.65. The standard InChI is InChI=1S/C14H20Cl2N2O2S/c1-10-4-3-5-18(9-10)21(19,20)14-6-11(8-17-2)12(15)7-13(14)16/h6-7,10,17H,3-5,8-9H2,1-2H3. The van der Waals surface area contributed by atoms with Gasteiger partial charge in [-0.1, -0.05) is 30.1 Å². The molecule has 1 N–H and O–H groups in total. The number of benzene rings is 1. The lowest BCUT2D eigenvalue weighted by atomic mass is 10.0. The van der Waals surface area contributed by atoms with Crippen LogP contribution in [0, 0.1) is 5.92 Å². The van der Waals surface area contributed by atoms with E-state index in [1.807, 2.05) is 0 Å². The molecule has 1 aliphatic heterocycles. The van der Waals surface area contributed by atoms with E-state index < -0.39 is 10.0 Å². The molecule has 118 valence electrons. The number of halogens is 2. The van der Waals surface area contributed by atoms with Crippen molar-refractivity contribution in [1.29, 1.82) is 0 Å². The summed E-state index contributed by atoms with van der Waals surface area (Å²) in [5.41, 5.74) is 0.729. The van der Waals surface area contributed by atoms with Crippen LogP contribution >= 0.6 is 23.2 Å². The van der Waals surface area contributed by atoms with E-state index in [1.54, 1.807) is 13.1 Å². The molecule has 7 heteroatoms. The van der Waals surface area contributed by atoms with E-state index in [1.165, 1.54) is 10.4 Å². The van der Waals surface area contributed by atoms with Crippen molar-refractivity contribution in [3.05, 3.63) is 27.7 Å². The lowest BCUT2D eigenvalue weighted by molar-refractivity contribution is 0.281. The summed E-state index contributed by atoms with van der Waals surface area (Å²) in [5.74, 6) is 0.372. The summed E-state index contributed by atoms with van der Waals surface area (Å²) in [6.07, 6.45) is 1.94. The van der Waals surface area contributed by atoms with Gasteiger partial charge in [-0.2, -0.15) is 4.31 Å². The van der Waals surface area contributed by atoms with Crippen LogP contribution < -0.4 is 5.32 Å². The van der Waals surface area contributed by atoms with Crippen molar-refractivity contribution in [2.24, 2.45) is 5.92 Å². The molecule has 1 unspecified atom stereocenters. The summed E-state index contributed by atoms with van der Waals surface area (Å²) in [5, 5.41) is 3.62. The van der Waals surface area contributed by atoms with Crippen LogP contribution in [-0.2, 0) is 16.6 Å². The molecule has 0 aliphatic carbocycles. The van der Waals surface area contributed by atoms with Crippen molar-refractivity contribution in [3.63, 3.8) is 0 Å². The van der Waals surface area contributed by atoms with Crippen LogP contribution in [-0.4, -0.2) is 32.9 Å². The van der Waals surface area contributed by atoms with Crippen LogP contribution in [0.15, 0.2) is 17.0 Å². The van der Waals surface area contributed by atoms with Gasteiger partial charge in [0.15, 0.2) is 0 Å². The van der Waals surface area contributed by atoms with E-state index in [4.69, 9.17) is 23.2 Å². The van der Waals surface area contributed by atoms with Gasteiger partial charge in [-0.25, -0.2) is 8.42 Å². The van der Waals surface area contributed by atoms with E-state index in [-0.39, 0.29) is 9.92 Å². The third-order valence-electron chi connectivity index (χ3n) is 3.71. The molecule has 1 heterocycles. The Kier molecular flexibility index (Phi) is 5.54. The molecular formula is C14H20Cl2N2O2S. The molecule has 0 aromatic heterocycles. The Hall–Kier alpha value is -0.330. The zero-order valence-corrected chi connectivity index (χ0v) is 14.5. The Morgan fingerprint density at radius 1 is 1.33 bits per heavy atom. The molecule has 1 aromatic carbocycles.